The molecule has 5 rings (SSSR count). The van der Waals surface area contributed by atoms with Crippen molar-refractivity contribution in [2.24, 2.45) is 0 Å². The molecule has 1 amide bonds. The van der Waals surface area contributed by atoms with Gasteiger partial charge in [0.15, 0.2) is 17.3 Å². The molecule has 0 bridgehead atoms. The van der Waals surface area contributed by atoms with E-state index < -0.39 is 24.3 Å². The van der Waals surface area contributed by atoms with Gasteiger partial charge >= 0.3 is 0 Å². The smallest absolute Gasteiger partial charge is 0.228 e. The molecule has 1 aliphatic heterocycles. The summed E-state index contributed by atoms with van der Waals surface area (Å²) in [5.74, 6) is -0.792. The molecule has 0 saturated heterocycles. The molecule has 0 spiro atoms. The number of aliphatic carboxylic acids is 1. The van der Waals surface area contributed by atoms with Gasteiger partial charge in [-0.05, 0) is 60.2 Å². The number of fused-ring (bicyclic) bond motifs is 1. The predicted molar refractivity (Wildman–Crippen MR) is 142 cm³/mol. The summed E-state index contributed by atoms with van der Waals surface area (Å²) in [6, 6.07) is 15.7. The molecular weight excluding hydrogens is 498 g/mol. The van der Waals surface area contributed by atoms with Crippen molar-refractivity contribution < 1.29 is 29.0 Å². The summed E-state index contributed by atoms with van der Waals surface area (Å²) in [5.41, 5.74) is 3.98. The quantitative estimate of drug-likeness (QED) is 0.496. The zero-order chi connectivity index (χ0) is 27.5. The van der Waals surface area contributed by atoms with Gasteiger partial charge in [0.2, 0.25) is 5.91 Å². The van der Waals surface area contributed by atoms with Crippen LogP contribution in [0.2, 0.25) is 0 Å². The summed E-state index contributed by atoms with van der Waals surface area (Å²) in [6.07, 6.45) is 3.31. The van der Waals surface area contributed by atoms with E-state index in [1.54, 1.807) is 44.8 Å². The lowest BCUT2D eigenvalue weighted by atomic mass is 9.78. The minimum Gasteiger partial charge on any atom is -0.550 e. The van der Waals surface area contributed by atoms with Crippen molar-refractivity contribution in [3.63, 3.8) is 0 Å². The minimum atomic E-state index is -1.31. The lowest BCUT2D eigenvalue weighted by molar-refractivity contribution is -0.305. The van der Waals surface area contributed by atoms with Gasteiger partial charge in [-0.25, -0.2) is 0 Å². The maximum absolute atomic E-state index is 14.0. The number of hydrogen-bond acceptors (Lipinski definition) is 8. The number of benzene rings is 2. The van der Waals surface area contributed by atoms with E-state index in [2.05, 4.69) is 10.3 Å². The number of nitrogens with zero attached hydrogens (tertiary/aromatic N) is 2. The second-order valence-corrected chi connectivity index (χ2v) is 9.50. The van der Waals surface area contributed by atoms with Crippen molar-refractivity contribution >= 4 is 29.0 Å². The first kappa shape index (κ1) is 26.0. The number of rotatable bonds is 7. The van der Waals surface area contributed by atoms with Gasteiger partial charge in [-0.2, -0.15) is 0 Å². The fraction of sp³-hybridized carbons (Fsp3) is 0.267. The van der Waals surface area contributed by atoms with E-state index in [-0.39, 0.29) is 24.5 Å². The van der Waals surface area contributed by atoms with Crippen molar-refractivity contribution in [1.82, 2.24) is 4.98 Å². The molecule has 9 nitrogen and oxygen atoms in total. The number of carboxylic acids is 1. The van der Waals surface area contributed by atoms with Gasteiger partial charge in [-0.3, -0.25) is 19.5 Å². The number of hydrogen-bond donors (Lipinski definition) is 1. The molecule has 200 valence electrons. The molecule has 1 aliphatic carbocycles. The van der Waals surface area contributed by atoms with Crippen molar-refractivity contribution in [2.75, 3.05) is 24.4 Å². The zero-order valence-electron chi connectivity index (χ0n) is 21.7. The normalized spacial score (nSPS) is 18.4. The minimum absolute atomic E-state index is 0.108. The molecule has 2 aliphatic rings. The number of methoxy groups -OCH3 is 2. The molecule has 0 unspecified atom stereocenters. The number of ether oxygens (including phenoxy) is 2. The first-order valence-corrected chi connectivity index (χ1v) is 12.7. The van der Waals surface area contributed by atoms with Crippen LogP contribution < -0.4 is 24.8 Å². The van der Waals surface area contributed by atoms with Crippen LogP contribution in [-0.2, 0) is 14.4 Å². The number of pyridine rings is 1. The number of anilines is 2. The van der Waals surface area contributed by atoms with Crippen LogP contribution in [0, 0.1) is 0 Å². The first-order chi connectivity index (χ1) is 18.9. The summed E-state index contributed by atoms with van der Waals surface area (Å²) in [7, 11) is 3.15. The van der Waals surface area contributed by atoms with Crippen molar-refractivity contribution in [2.45, 2.75) is 37.6 Å². The summed E-state index contributed by atoms with van der Waals surface area (Å²) in [6.45, 7) is 0. The number of nitrogens with one attached hydrogen (secondary N) is 1. The third-order valence-electron chi connectivity index (χ3n) is 7.18. The van der Waals surface area contributed by atoms with Gasteiger partial charge in [0.25, 0.3) is 0 Å². The molecule has 2 atom stereocenters. The second kappa shape index (κ2) is 11.0. The van der Waals surface area contributed by atoms with Gasteiger partial charge in [-0.15, -0.1) is 0 Å². The Kier molecular flexibility index (Phi) is 7.31. The monoisotopic (exact) mass is 526 g/mol. The molecule has 0 saturated carbocycles. The Bertz CT molecular complexity index is 1450. The van der Waals surface area contributed by atoms with E-state index >= 15 is 0 Å². The van der Waals surface area contributed by atoms with Gasteiger partial charge in [0.1, 0.15) is 0 Å². The predicted octanol–water partition coefficient (Wildman–Crippen LogP) is 3.53. The number of allylic oxidation sites excluding steroid dienone is 1. The molecule has 1 aromatic heterocycles. The Hall–Kier alpha value is -4.66. The standard InChI is InChI=1S/C30H29N3O6/c1-38-25-10-9-18(16-26(25)39-2)20-14-22-29(24(34)15-20)30(19-6-5-13-31-17-19)33(27(35)11-12-28(36)37)23-8-4-3-7-21(23)32-22/h3-10,13,16-17,20,30,32H,11-12,14-15H2,1-2H3,(H,36,37)/p-1/t20-,30-/m0/s1. The van der Waals surface area contributed by atoms with Gasteiger partial charge < -0.3 is 24.7 Å². The highest BCUT2D eigenvalue weighted by atomic mass is 16.5. The lowest BCUT2D eigenvalue weighted by Crippen LogP contribution is -2.39. The number of carbonyl (C=O) groups is 3. The SMILES string of the molecule is COc1ccc([C@@H]2CC(=O)C3=C(C2)Nc2ccccc2N(C(=O)CCC(=O)[O-])[C@H]3c2cccnc2)cc1OC. The number of carboxylic acid groups (broad SMARTS) is 1. The van der Waals surface area contributed by atoms with E-state index in [4.69, 9.17) is 9.47 Å². The third kappa shape index (κ3) is 5.07. The zero-order valence-corrected chi connectivity index (χ0v) is 21.7. The fourth-order valence-electron chi connectivity index (χ4n) is 5.39. The third-order valence-corrected chi connectivity index (χ3v) is 7.18. The molecule has 2 aromatic carbocycles. The summed E-state index contributed by atoms with van der Waals surface area (Å²) < 4.78 is 10.9. The van der Waals surface area contributed by atoms with Crippen LogP contribution in [0.15, 0.2) is 78.3 Å². The summed E-state index contributed by atoms with van der Waals surface area (Å²) in [4.78, 5) is 44.6. The number of ketones is 1. The van der Waals surface area contributed by atoms with Crippen LogP contribution >= 0.6 is 0 Å². The summed E-state index contributed by atoms with van der Waals surface area (Å²) in [5, 5.41) is 14.7. The number of carbonyl (C=O) groups excluding carboxylic acids is 3. The number of para-hydroxylation sites is 2. The molecule has 2 heterocycles. The maximum Gasteiger partial charge on any atom is 0.228 e. The molecule has 3 aromatic rings. The molecule has 0 fully saturated rings. The van der Waals surface area contributed by atoms with Crippen molar-refractivity contribution in [3.05, 3.63) is 89.4 Å². The van der Waals surface area contributed by atoms with E-state index in [0.717, 1.165) is 5.56 Å². The Morgan fingerprint density at radius 1 is 1.00 bits per heavy atom. The highest BCUT2D eigenvalue weighted by Gasteiger charge is 2.41. The van der Waals surface area contributed by atoms with E-state index in [0.29, 0.717) is 46.1 Å². The number of amides is 1. The van der Waals surface area contributed by atoms with Gasteiger partial charge in [-0.1, -0.05) is 24.3 Å². The van der Waals surface area contributed by atoms with Crippen molar-refractivity contribution in [3.8, 4) is 11.5 Å². The molecule has 1 N–H and O–H groups in total. The number of aromatic nitrogens is 1. The van der Waals surface area contributed by atoms with Crippen LogP contribution in [0.3, 0.4) is 0 Å². The highest BCUT2D eigenvalue weighted by Crippen LogP contribution is 2.48. The van der Waals surface area contributed by atoms with Crippen LogP contribution in [-0.4, -0.2) is 36.9 Å². The van der Waals surface area contributed by atoms with Gasteiger partial charge in [0.05, 0.1) is 31.6 Å². The second-order valence-electron chi connectivity index (χ2n) is 9.50. The molecular formula is C30H28N3O6-. The summed E-state index contributed by atoms with van der Waals surface area (Å²) >= 11 is 0. The average Bonchev–Trinajstić information content (AvgIpc) is 3.10. The Balaban J connectivity index is 1.64. The largest absolute Gasteiger partial charge is 0.550 e. The van der Waals surface area contributed by atoms with E-state index in [1.807, 2.05) is 36.4 Å². The fourth-order valence-corrected chi connectivity index (χ4v) is 5.39. The molecule has 39 heavy (non-hydrogen) atoms. The Labute approximate surface area is 226 Å². The van der Waals surface area contributed by atoms with E-state index in [9.17, 15) is 19.5 Å². The average molecular weight is 527 g/mol. The van der Waals surface area contributed by atoms with Crippen LogP contribution in [0.1, 0.15) is 48.8 Å². The van der Waals surface area contributed by atoms with Gasteiger partial charge in [0, 0.05) is 42.5 Å². The van der Waals surface area contributed by atoms with Crippen LogP contribution in [0.4, 0.5) is 11.4 Å². The van der Waals surface area contributed by atoms with E-state index in [1.165, 1.54) is 4.90 Å². The maximum atomic E-state index is 14.0. The Morgan fingerprint density at radius 3 is 2.51 bits per heavy atom. The first-order valence-electron chi connectivity index (χ1n) is 12.7. The van der Waals surface area contributed by atoms with Crippen LogP contribution in [0.5, 0.6) is 11.5 Å². The van der Waals surface area contributed by atoms with Crippen LogP contribution in [0.25, 0.3) is 0 Å². The van der Waals surface area contributed by atoms with Crippen molar-refractivity contribution in [1.29, 1.82) is 0 Å². The lowest BCUT2D eigenvalue weighted by Gasteiger charge is -2.35. The highest BCUT2D eigenvalue weighted by molar-refractivity contribution is 6.06. The Morgan fingerprint density at radius 2 is 1.79 bits per heavy atom. The molecule has 0 radical (unpaired) electrons. The topological polar surface area (TPSA) is 121 Å². The number of Topliss-reactive ketones (excluding diaryl/α,β-unsaturated/α-hetero) is 1. The molecule has 9 heteroatoms.